The number of rotatable bonds is 13. The fraction of sp³-hybridized carbons (Fsp3) is 0.800. The summed E-state index contributed by atoms with van der Waals surface area (Å²) in [4.78, 5) is 22.6. The zero-order valence-electron chi connectivity index (χ0n) is 15.4. The second kappa shape index (κ2) is 12.2. The van der Waals surface area contributed by atoms with Crippen molar-refractivity contribution in [2.75, 3.05) is 0 Å². The van der Waals surface area contributed by atoms with Crippen LogP contribution >= 0.6 is 0 Å². The lowest BCUT2D eigenvalue weighted by Crippen LogP contribution is -2.22. The van der Waals surface area contributed by atoms with Crippen LogP contribution in [0, 0.1) is 11.8 Å². The molecule has 25 heavy (non-hydrogen) atoms. The first-order valence-electron chi connectivity index (χ1n) is 9.71. The molecule has 0 saturated heterocycles. The first-order valence-corrected chi connectivity index (χ1v) is 9.71. The second-order valence-electron chi connectivity index (χ2n) is 7.23. The summed E-state index contributed by atoms with van der Waals surface area (Å²) in [5.41, 5.74) is 0. The van der Waals surface area contributed by atoms with Crippen molar-refractivity contribution in [2.45, 2.75) is 89.8 Å². The van der Waals surface area contributed by atoms with E-state index in [1.165, 1.54) is 0 Å². The quantitative estimate of drug-likeness (QED) is 0.348. The van der Waals surface area contributed by atoms with Crippen LogP contribution in [0.5, 0.6) is 0 Å². The number of carbonyl (C=O) groups excluding carboxylic acids is 1. The van der Waals surface area contributed by atoms with Gasteiger partial charge in [-0.1, -0.05) is 38.3 Å². The van der Waals surface area contributed by atoms with E-state index in [9.17, 15) is 19.8 Å². The van der Waals surface area contributed by atoms with Crippen LogP contribution in [-0.2, 0) is 9.59 Å². The molecule has 0 heterocycles. The standard InChI is InChI=1S/C20H34O5/c1-2-3-6-9-15(21)12-13-17-16(18(22)14-19(17)23)10-7-4-5-8-11-20(24)25/h4,7,15-17,19,21,23H,2-3,5-6,8-14H2,1H3,(H,24,25)/t15-,16+,17+,19+/m0/s1. The lowest BCUT2D eigenvalue weighted by Gasteiger charge is -2.21. The van der Waals surface area contributed by atoms with Crippen LogP contribution in [0.4, 0.5) is 0 Å². The summed E-state index contributed by atoms with van der Waals surface area (Å²) in [6.07, 6.45) is 10.6. The van der Waals surface area contributed by atoms with Crippen LogP contribution in [0.1, 0.15) is 77.6 Å². The van der Waals surface area contributed by atoms with Crippen molar-refractivity contribution in [3.05, 3.63) is 12.2 Å². The number of aliphatic hydroxyl groups is 2. The van der Waals surface area contributed by atoms with Crippen LogP contribution in [0.3, 0.4) is 0 Å². The maximum Gasteiger partial charge on any atom is 0.303 e. The molecule has 5 heteroatoms. The van der Waals surface area contributed by atoms with Crippen molar-refractivity contribution in [2.24, 2.45) is 11.8 Å². The molecule has 0 aromatic carbocycles. The minimum atomic E-state index is -0.792. The molecule has 0 aromatic heterocycles. The molecule has 1 aliphatic carbocycles. The summed E-state index contributed by atoms with van der Waals surface area (Å²) in [6.45, 7) is 2.13. The van der Waals surface area contributed by atoms with Crippen molar-refractivity contribution in [1.29, 1.82) is 0 Å². The molecular weight excluding hydrogens is 320 g/mol. The molecule has 0 aromatic rings. The average Bonchev–Trinajstić information content (AvgIpc) is 2.82. The van der Waals surface area contributed by atoms with Gasteiger partial charge in [-0.2, -0.15) is 0 Å². The number of aliphatic carboxylic acids is 1. The van der Waals surface area contributed by atoms with E-state index in [2.05, 4.69) is 6.92 Å². The monoisotopic (exact) mass is 354 g/mol. The molecule has 0 bridgehead atoms. The highest BCUT2D eigenvalue weighted by atomic mass is 16.4. The Morgan fingerprint density at radius 1 is 1.24 bits per heavy atom. The highest BCUT2D eigenvalue weighted by molar-refractivity contribution is 5.84. The van der Waals surface area contributed by atoms with E-state index >= 15 is 0 Å². The van der Waals surface area contributed by atoms with E-state index in [-0.39, 0.29) is 36.6 Å². The fourth-order valence-electron chi connectivity index (χ4n) is 3.61. The molecule has 0 amide bonds. The van der Waals surface area contributed by atoms with E-state index < -0.39 is 12.1 Å². The van der Waals surface area contributed by atoms with Crippen molar-refractivity contribution < 1.29 is 24.9 Å². The second-order valence-corrected chi connectivity index (χ2v) is 7.23. The number of unbranched alkanes of at least 4 members (excludes halogenated alkanes) is 3. The van der Waals surface area contributed by atoms with Crippen molar-refractivity contribution in [3.63, 3.8) is 0 Å². The van der Waals surface area contributed by atoms with Gasteiger partial charge in [-0.05, 0) is 44.4 Å². The highest BCUT2D eigenvalue weighted by Gasteiger charge is 2.40. The highest BCUT2D eigenvalue weighted by Crippen LogP contribution is 2.36. The summed E-state index contributed by atoms with van der Waals surface area (Å²) < 4.78 is 0. The molecule has 3 N–H and O–H groups in total. The third-order valence-corrected chi connectivity index (χ3v) is 5.13. The Kier molecular flexibility index (Phi) is 10.7. The van der Waals surface area contributed by atoms with E-state index in [1.54, 1.807) is 0 Å². The molecule has 0 aliphatic heterocycles. The number of hydrogen-bond donors (Lipinski definition) is 3. The molecule has 144 valence electrons. The fourth-order valence-corrected chi connectivity index (χ4v) is 3.61. The molecule has 1 fully saturated rings. The summed E-state index contributed by atoms with van der Waals surface area (Å²) >= 11 is 0. The summed E-state index contributed by atoms with van der Waals surface area (Å²) in [5.74, 6) is -0.932. The lowest BCUT2D eigenvalue weighted by atomic mass is 9.86. The number of allylic oxidation sites excluding steroid dienone is 2. The Balaban J connectivity index is 2.38. The van der Waals surface area contributed by atoms with E-state index in [0.29, 0.717) is 32.1 Å². The van der Waals surface area contributed by atoms with E-state index in [4.69, 9.17) is 5.11 Å². The van der Waals surface area contributed by atoms with Crippen LogP contribution in [0.25, 0.3) is 0 Å². The largest absolute Gasteiger partial charge is 0.481 e. The molecule has 0 spiro atoms. The summed E-state index contributed by atoms with van der Waals surface area (Å²) in [7, 11) is 0. The SMILES string of the molecule is CCCCC[C@H](O)CC[C@H]1[C@H](O)CC(=O)[C@@H]1CC=CCCCC(=O)O. The van der Waals surface area contributed by atoms with Gasteiger partial charge in [0.15, 0.2) is 0 Å². The molecule has 1 aliphatic rings. The van der Waals surface area contributed by atoms with Gasteiger partial charge < -0.3 is 15.3 Å². The van der Waals surface area contributed by atoms with Crippen molar-refractivity contribution >= 4 is 11.8 Å². The predicted octanol–water partition coefficient (Wildman–Crippen LogP) is 3.48. The Hall–Kier alpha value is -1.20. The van der Waals surface area contributed by atoms with E-state index in [0.717, 1.165) is 25.7 Å². The molecular formula is C20H34O5. The summed E-state index contributed by atoms with van der Waals surface area (Å²) in [5, 5.41) is 28.8. The number of ketones is 1. The topological polar surface area (TPSA) is 94.8 Å². The number of aliphatic hydroxyl groups excluding tert-OH is 2. The Labute approximate surface area is 151 Å². The van der Waals surface area contributed by atoms with E-state index in [1.807, 2.05) is 12.2 Å². The van der Waals surface area contributed by atoms with Gasteiger partial charge >= 0.3 is 5.97 Å². The van der Waals surface area contributed by atoms with Gasteiger partial charge in [0.2, 0.25) is 0 Å². The van der Waals surface area contributed by atoms with Gasteiger partial charge in [0.25, 0.3) is 0 Å². The molecule has 0 unspecified atom stereocenters. The predicted molar refractivity (Wildman–Crippen MR) is 97.2 cm³/mol. The molecule has 5 nitrogen and oxygen atoms in total. The Morgan fingerprint density at radius 2 is 2.00 bits per heavy atom. The van der Waals surface area contributed by atoms with Gasteiger partial charge in [-0.15, -0.1) is 0 Å². The van der Waals surface area contributed by atoms with Gasteiger partial charge in [0, 0.05) is 18.8 Å². The van der Waals surface area contributed by atoms with Crippen molar-refractivity contribution in [1.82, 2.24) is 0 Å². The minimum Gasteiger partial charge on any atom is -0.481 e. The van der Waals surface area contributed by atoms with Gasteiger partial charge in [0.1, 0.15) is 5.78 Å². The lowest BCUT2D eigenvalue weighted by molar-refractivity contribution is -0.137. The van der Waals surface area contributed by atoms with Crippen molar-refractivity contribution in [3.8, 4) is 0 Å². The van der Waals surface area contributed by atoms with Gasteiger partial charge in [0.05, 0.1) is 12.2 Å². The minimum absolute atomic E-state index is 0.0722. The Morgan fingerprint density at radius 3 is 2.68 bits per heavy atom. The molecule has 1 rings (SSSR count). The van der Waals surface area contributed by atoms with Crippen LogP contribution in [-0.4, -0.2) is 39.3 Å². The Bertz CT molecular complexity index is 432. The number of carboxylic acids is 1. The molecule has 4 atom stereocenters. The zero-order valence-corrected chi connectivity index (χ0v) is 15.4. The number of hydrogen-bond acceptors (Lipinski definition) is 4. The van der Waals surface area contributed by atoms with Crippen LogP contribution in [0.2, 0.25) is 0 Å². The summed E-state index contributed by atoms with van der Waals surface area (Å²) in [6, 6.07) is 0. The number of Topliss-reactive ketones (excluding diaryl/α,β-unsaturated/α-hetero) is 1. The maximum absolute atomic E-state index is 12.1. The van der Waals surface area contributed by atoms with Crippen LogP contribution < -0.4 is 0 Å². The third kappa shape index (κ3) is 8.63. The normalized spacial score (nSPS) is 24.9. The first kappa shape index (κ1) is 21.8. The number of carboxylic acid groups (broad SMARTS) is 1. The smallest absolute Gasteiger partial charge is 0.303 e. The third-order valence-electron chi connectivity index (χ3n) is 5.13. The molecule has 0 radical (unpaired) electrons. The average molecular weight is 354 g/mol. The zero-order chi connectivity index (χ0) is 18.7. The van der Waals surface area contributed by atoms with Gasteiger partial charge in [-0.3, -0.25) is 9.59 Å². The van der Waals surface area contributed by atoms with Crippen LogP contribution in [0.15, 0.2) is 12.2 Å². The maximum atomic E-state index is 12.1. The first-order chi connectivity index (χ1) is 12.0. The number of carbonyl (C=O) groups is 2. The van der Waals surface area contributed by atoms with Gasteiger partial charge in [-0.25, -0.2) is 0 Å². The molecule has 1 saturated carbocycles.